The predicted molar refractivity (Wildman–Crippen MR) is 45.0 cm³/mol. The second-order valence-electron chi connectivity index (χ2n) is 3.42. The van der Waals surface area contributed by atoms with Crippen LogP contribution in [0.3, 0.4) is 0 Å². The molecule has 0 aliphatic carbocycles. The van der Waals surface area contributed by atoms with Crippen molar-refractivity contribution in [3.05, 3.63) is 0 Å². The van der Waals surface area contributed by atoms with Gasteiger partial charge in [0.15, 0.2) is 0 Å². The highest BCUT2D eigenvalue weighted by Crippen LogP contribution is 2.25. The molecule has 0 saturated carbocycles. The number of rotatable bonds is 2. The van der Waals surface area contributed by atoms with Crippen LogP contribution in [0.2, 0.25) is 0 Å². The van der Waals surface area contributed by atoms with Crippen LogP contribution in [0.1, 0.15) is 33.1 Å². The first kappa shape index (κ1) is 10.0. The Balaban J connectivity index is 2.53. The van der Waals surface area contributed by atoms with Crippen molar-refractivity contribution in [3.63, 3.8) is 0 Å². The molecule has 1 aliphatic rings. The van der Waals surface area contributed by atoms with Crippen LogP contribution in [-0.2, 0) is 19.1 Å². The average Bonchev–Trinajstić information content (AvgIpc) is 2.02. The number of hydrogen-bond donors (Lipinski definition) is 0. The van der Waals surface area contributed by atoms with E-state index in [1.165, 1.54) is 0 Å². The van der Waals surface area contributed by atoms with E-state index in [9.17, 15) is 9.59 Å². The van der Waals surface area contributed by atoms with Crippen LogP contribution in [0.25, 0.3) is 0 Å². The maximum atomic E-state index is 11.0. The van der Waals surface area contributed by atoms with E-state index < -0.39 is 5.60 Å². The molecule has 4 heteroatoms. The lowest BCUT2D eigenvalue weighted by Crippen LogP contribution is -2.40. The molecule has 1 atom stereocenters. The molecule has 1 fully saturated rings. The predicted octanol–water partition coefficient (Wildman–Crippen LogP) is 1.04. The van der Waals surface area contributed by atoms with E-state index in [0.717, 1.165) is 0 Å². The van der Waals surface area contributed by atoms with Gasteiger partial charge >= 0.3 is 11.9 Å². The molecule has 1 heterocycles. The van der Waals surface area contributed by atoms with Gasteiger partial charge in [-0.15, -0.1) is 0 Å². The molecule has 0 spiro atoms. The molecule has 1 saturated heterocycles. The minimum Gasteiger partial charge on any atom is -0.465 e. The van der Waals surface area contributed by atoms with E-state index in [4.69, 9.17) is 9.47 Å². The number of ether oxygens (including phenoxy) is 2. The molecule has 1 aliphatic heterocycles. The Morgan fingerprint density at radius 2 is 2.38 bits per heavy atom. The molecule has 74 valence electrons. The SMILES string of the molecule is CCC(=O)OC1(C)CCOC(=O)C1. The Morgan fingerprint density at radius 1 is 1.69 bits per heavy atom. The lowest BCUT2D eigenvalue weighted by molar-refractivity contribution is -0.174. The Labute approximate surface area is 77.2 Å². The molecule has 1 rings (SSSR count). The fraction of sp³-hybridized carbons (Fsp3) is 0.778. The second kappa shape index (κ2) is 3.77. The van der Waals surface area contributed by atoms with Gasteiger partial charge in [-0.3, -0.25) is 9.59 Å². The molecular weight excluding hydrogens is 172 g/mol. The van der Waals surface area contributed by atoms with Crippen molar-refractivity contribution >= 4 is 11.9 Å². The third kappa shape index (κ3) is 2.72. The highest BCUT2D eigenvalue weighted by molar-refractivity contribution is 5.74. The zero-order valence-electron chi connectivity index (χ0n) is 7.96. The van der Waals surface area contributed by atoms with Crippen molar-refractivity contribution in [3.8, 4) is 0 Å². The zero-order valence-corrected chi connectivity index (χ0v) is 7.96. The largest absolute Gasteiger partial charge is 0.465 e. The second-order valence-corrected chi connectivity index (χ2v) is 3.42. The zero-order chi connectivity index (χ0) is 9.90. The van der Waals surface area contributed by atoms with Crippen LogP contribution in [0.4, 0.5) is 0 Å². The monoisotopic (exact) mass is 186 g/mol. The van der Waals surface area contributed by atoms with Crippen LogP contribution in [0, 0.1) is 0 Å². The standard InChI is InChI=1S/C9H14O4/c1-3-7(10)13-9(2)4-5-12-8(11)6-9/h3-6H2,1-2H3. The maximum Gasteiger partial charge on any atom is 0.309 e. The van der Waals surface area contributed by atoms with Gasteiger partial charge < -0.3 is 9.47 Å². The van der Waals surface area contributed by atoms with Gasteiger partial charge in [-0.1, -0.05) is 6.92 Å². The number of cyclic esters (lactones) is 1. The summed E-state index contributed by atoms with van der Waals surface area (Å²) in [7, 11) is 0. The highest BCUT2D eigenvalue weighted by Gasteiger charge is 2.35. The van der Waals surface area contributed by atoms with E-state index in [2.05, 4.69) is 0 Å². The maximum absolute atomic E-state index is 11.0. The van der Waals surface area contributed by atoms with Gasteiger partial charge in [0, 0.05) is 12.8 Å². The van der Waals surface area contributed by atoms with Gasteiger partial charge in [0.05, 0.1) is 13.0 Å². The van der Waals surface area contributed by atoms with E-state index in [1.807, 2.05) is 0 Å². The van der Waals surface area contributed by atoms with Gasteiger partial charge in [-0.2, -0.15) is 0 Å². The van der Waals surface area contributed by atoms with Crippen LogP contribution in [0.15, 0.2) is 0 Å². The molecular formula is C9H14O4. The van der Waals surface area contributed by atoms with Crippen molar-refractivity contribution < 1.29 is 19.1 Å². The topological polar surface area (TPSA) is 52.6 Å². The Morgan fingerprint density at radius 3 is 2.92 bits per heavy atom. The van der Waals surface area contributed by atoms with Crippen molar-refractivity contribution in [2.45, 2.75) is 38.7 Å². The van der Waals surface area contributed by atoms with Gasteiger partial charge in [0.1, 0.15) is 5.60 Å². The molecule has 0 aromatic rings. The molecule has 0 aromatic carbocycles. The summed E-state index contributed by atoms with van der Waals surface area (Å²) in [5, 5.41) is 0. The summed E-state index contributed by atoms with van der Waals surface area (Å²) in [6.07, 6.45) is 1.09. The summed E-state index contributed by atoms with van der Waals surface area (Å²) < 4.78 is 9.92. The molecule has 0 N–H and O–H groups in total. The van der Waals surface area contributed by atoms with E-state index in [1.54, 1.807) is 13.8 Å². The normalized spacial score (nSPS) is 28.0. The molecule has 0 radical (unpaired) electrons. The van der Waals surface area contributed by atoms with Crippen molar-refractivity contribution in [1.29, 1.82) is 0 Å². The van der Waals surface area contributed by atoms with Crippen LogP contribution in [-0.4, -0.2) is 24.1 Å². The van der Waals surface area contributed by atoms with Crippen LogP contribution < -0.4 is 0 Å². The summed E-state index contributed by atoms with van der Waals surface area (Å²) in [4.78, 5) is 22.0. The van der Waals surface area contributed by atoms with E-state index in [-0.39, 0.29) is 18.4 Å². The fourth-order valence-electron chi connectivity index (χ4n) is 1.26. The number of esters is 2. The molecule has 0 amide bonds. The van der Waals surface area contributed by atoms with E-state index >= 15 is 0 Å². The van der Waals surface area contributed by atoms with Gasteiger partial charge in [0.25, 0.3) is 0 Å². The molecule has 0 bridgehead atoms. The van der Waals surface area contributed by atoms with Gasteiger partial charge in [-0.05, 0) is 6.92 Å². The third-order valence-electron chi connectivity index (χ3n) is 2.06. The summed E-state index contributed by atoms with van der Waals surface area (Å²) in [5.41, 5.74) is -0.650. The first-order valence-electron chi connectivity index (χ1n) is 4.43. The van der Waals surface area contributed by atoms with Crippen LogP contribution >= 0.6 is 0 Å². The van der Waals surface area contributed by atoms with Crippen LogP contribution in [0.5, 0.6) is 0 Å². The quantitative estimate of drug-likeness (QED) is 0.604. The Bertz CT molecular complexity index is 224. The summed E-state index contributed by atoms with van der Waals surface area (Å²) in [6, 6.07) is 0. The minimum absolute atomic E-state index is 0.165. The Kier molecular flexibility index (Phi) is 2.90. The number of carbonyl (C=O) groups is 2. The summed E-state index contributed by atoms with van der Waals surface area (Å²) in [5.74, 6) is -0.560. The van der Waals surface area contributed by atoms with Gasteiger partial charge in [0.2, 0.25) is 0 Å². The lowest BCUT2D eigenvalue weighted by atomic mass is 9.96. The summed E-state index contributed by atoms with van der Waals surface area (Å²) >= 11 is 0. The first-order chi connectivity index (χ1) is 6.06. The Hall–Kier alpha value is -1.06. The molecule has 1 unspecified atom stereocenters. The average molecular weight is 186 g/mol. The van der Waals surface area contributed by atoms with Gasteiger partial charge in [-0.25, -0.2) is 0 Å². The lowest BCUT2D eigenvalue weighted by Gasteiger charge is -2.31. The summed E-state index contributed by atoms with van der Waals surface area (Å²) in [6.45, 7) is 3.83. The van der Waals surface area contributed by atoms with Crippen molar-refractivity contribution in [1.82, 2.24) is 0 Å². The van der Waals surface area contributed by atoms with E-state index in [0.29, 0.717) is 19.4 Å². The fourth-order valence-corrected chi connectivity index (χ4v) is 1.26. The van der Waals surface area contributed by atoms with Crippen molar-refractivity contribution in [2.24, 2.45) is 0 Å². The molecule has 0 aromatic heterocycles. The first-order valence-corrected chi connectivity index (χ1v) is 4.43. The highest BCUT2D eigenvalue weighted by atomic mass is 16.6. The molecule has 4 nitrogen and oxygen atoms in total. The minimum atomic E-state index is -0.650. The smallest absolute Gasteiger partial charge is 0.309 e. The third-order valence-corrected chi connectivity index (χ3v) is 2.06. The number of carbonyl (C=O) groups excluding carboxylic acids is 2. The van der Waals surface area contributed by atoms with Crippen molar-refractivity contribution in [2.75, 3.05) is 6.61 Å². The molecule has 13 heavy (non-hydrogen) atoms. The number of hydrogen-bond acceptors (Lipinski definition) is 4.